The Labute approximate surface area is 236 Å². The zero-order chi connectivity index (χ0) is 26.6. The lowest BCUT2D eigenvalue weighted by molar-refractivity contribution is 0.103. The van der Waals surface area contributed by atoms with Crippen LogP contribution in [0.1, 0.15) is 41.6 Å². The van der Waals surface area contributed by atoms with Crippen molar-refractivity contribution in [2.45, 2.75) is 25.7 Å². The van der Waals surface area contributed by atoms with Crippen molar-refractivity contribution in [1.29, 1.82) is 0 Å². The minimum Gasteiger partial charge on any atom is -0.494 e. The number of rotatable bonds is 14. The number of ether oxygens (including phenoxy) is 2. The van der Waals surface area contributed by atoms with Crippen LogP contribution in [-0.4, -0.2) is 68.1 Å². The van der Waals surface area contributed by atoms with Gasteiger partial charge in [-0.15, -0.1) is 0 Å². The van der Waals surface area contributed by atoms with Crippen LogP contribution < -0.4 is 9.47 Å². The average Bonchev–Trinajstić information content (AvgIpc) is 2.95. The van der Waals surface area contributed by atoms with E-state index in [4.69, 9.17) is 32.7 Å². The van der Waals surface area contributed by atoms with Crippen LogP contribution in [0.15, 0.2) is 72.8 Å². The van der Waals surface area contributed by atoms with Crippen molar-refractivity contribution in [3.8, 4) is 11.5 Å². The highest BCUT2D eigenvalue weighted by Gasteiger charge is 2.17. The molecular formula is C31H36Cl2N2O3. The molecular weight excluding hydrogens is 519 g/mol. The van der Waals surface area contributed by atoms with E-state index in [1.165, 1.54) is 0 Å². The maximum atomic E-state index is 12.9. The molecule has 0 saturated carbocycles. The molecule has 1 aliphatic rings. The second kappa shape index (κ2) is 15.1. The smallest absolute Gasteiger partial charge is 0.196 e. The third kappa shape index (κ3) is 9.02. The van der Waals surface area contributed by atoms with Crippen molar-refractivity contribution in [1.82, 2.24) is 9.80 Å². The van der Waals surface area contributed by atoms with Gasteiger partial charge in [-0.05, 0) is 81.2 Å². The predicted molar refractivity (Wildman–Crippen MR) is 155 cm³/mol. The summed E-state index contributed by atoms with van der Waals surface area (Å²) in [5.74, 6) is 1.40. The van der Waals surface area contributed by atoms with Crippen molar-refractivity contribution < 1.29 is 14.3 Å². The Kier molecular flexibility index (Phi) is 11.3. The summed E-state index contributed by atoms with van der Waals surface area (Å²) in [4.78, 5) is 18.0. The van der Waals surface area contributed by atoms with Gasteiger partial charge in [-0.25, -0.2) is 0 Å². The maximum Gasteiger partial charge on any atom is 0.196 e. The van der Waals surface area contributed by atoms with Crippen molar-refractivity contribution in [3.63, 3.8) is 0 Å². The van der Waals surface area contributed by atoms with E-state index >= 15 is 0 Å². The quantitative estimate of drug-likeness (QED) is 0.161. The third-order valence-corrected chi connectivity index (χ3v) is 7.25. The molecule has 3 aromatic carbocycles. The number of carbonyl (C=O) groups excluding carboxylic acids is 1. The summed E-state index contributed by atoms with van der Waals surface area (Å²) in [6.45, 7) is 7.95. The Morgan fingerprint density at radius 2 is 1.26 bits per heavy atom. The molecule has 1 saturated heterocycles. The first kappa shape index (κ1) is 28.4. The van der Waals surface area contributed by atoms with Crippen molar-refractivity contribution >= 4 is 29.0 Å². The fourth-order valence-corrected chi connectivity index (χ4v) is 4.86. The first-order valence-electron chi connectivity index (χ1n) is 13.4. The standard InChI is InChI=1S/C31H36Cl2N2O3/c32-26-10-13-28(14-11-26)37-22-6-4-16-34-18-20-35(21-19-34)17-5-7-23-38-30-15-12-27(33)24-29(30)31(36)25-8-2-1-3-9-25/h1-3,8-15,24H,4-7,16-23H2. The molecule has 0 aliphatic carbocycles. The summed E-state index contributed by atoms with van der Waals surface area (Å²) in [5, 5.41) is 1.26. The van der Waals surface area contributed by atoms with Gasteiger partial charge in [0.25, 0.3) is 0 Å². The molecule has 5 nitrogen and oxygen atoms in total. The van der Waals surface area contributed by atoms with Gasteiger partial charge in [0, 0.05) is 41.8 Å². The molecule has 7 heteroatoms. The van der Waals surface area contributed by atoms with Crippen LogP contribution in [0, 0.1) is 0 Å². The SMILES string of the molecule is O=C(c1ccccc1)c1cc(Cl)ccc1OCCCCN1CCN(CCCCOc2ccc(Cl)cc2)CC1. The van der Waals surface area contributed by atoms with Gasteiger partial charge in [-0.1, -0.05) is 53.5 Å². The highest BCUT2D eigenvalue weighted by atomic mass is 35.5. The fourth-order valence-electron chi connectivity index (χ4n) is 4.56. The van der Waals surface area contributed by atoms with Crippen LogP contribution in [0.25, 0.3) is 0 Å². The lowest BCUT2D eigenvalue weighted by atomic mass is 10.0. The Bertz CT molecular complexity index is 1130. The number of piperazine rings is 1. The summed E-state index contributed by atoms with van der Waals surface area (Å²) in [5.41, 5.74) is 1.14. The minimum atomic E-state index is -0.0740. The molecule has 38 heavy (non-hydrogen) atoms. The lowest BCUT2D eigenvalue weighted by Gasteiger charge is -2.34. The van der Waals surface area contributed by atoms with E-state index in [1.807, 2.05) is 54.6 Å². The maximum absolute atomic E-state index is 12.9. The Morgan fingerprint density at radius 3 is 1.89 bits per heavy atom. The summed E-state index contributed by atoms with van der Waals surface area (Å²) in [7, 11) is 0. The van der Waals surface area contributed by atoms with Gasteiger partial charge in [-0.3, -0.25) is 4.79 Å². The molecule has 0 aromatic heterocycles. The first-order valence-corrected chi connectivity index (χ1v) is 14.2. The van der Waals surface area contributed by atoms with Crippen LogP contribution >= 0.6 is 23.2 Å². The minimum absolute atomic E-state index is 0.0740. The van der Waals surface area contributed by atoms with Gasteiger partial charge in [0.1, 0.15) is 11.5 Å². The van der Waals surface area contributed by atoms with Gasteiger partial charge in [0.2, 0.25) is 0 Å². The van der Waals surface area contributed by atoms with E-state index < -0.39 is 0 Å². The van der Waals surface area contributed by atoms with Crippen LogP contribution in [0.5, 0.6) is 11.5 Å². The molecule has 1 aliphatic heterocycles. The van der Waals surface area contributed by atoms with E-state index in [0.29, 0.717) is 28.5 Å². The summed E-state index contributed by atoms with van der Waals surface area (Å²) in [6.07, 6.45) is 4.20. The number of nitrogens with zero attached hydrogens (tertiary/aromatic N) is 2. The van der Waals surface area contributed by atoms with Crippen LogP contribution in [0.4, 0.5) is 0 Å². The van der Waals surface area contributed by atoms with Crippen LogP contribution in [-0.2, 0) is 0 Å². The Balaban J connectivity index is 1.08. The molecule has 1 heterocycles. The number of ketones is 1. The normalized spacial score (nSPS) is 14.4. The zero-order valence-corrected chi connectivity index (χ0v) is 23.3. The van der Waals surface area contributed by atoms with E-state index in [9.17, 15) is 4.79 Å². The van der Waals surface area contributed by atoms with E-state index in [0.717, 1.165) is 82.3 Å². The number of carbonyl (C=O) groups is 1. The molecule has 0 atom stereocenters. The molecule has 202 valence electrons. The molecule has 0 amide bonds. The molecule has 0 radical (unpaired) electrons. The molecule has 0 N–H and O–H groups in total. The van der Waals surface area contributed by atoms with Gasteiger partial charge in [0.15, 0.2) is 5.78 Å². The zero-order valence-electron chi connectivity index (χ0n) is 21.8. The lowest BCUT2D eigenvalue weighted by Crippen LogP contribution is -2.46. The van der Waals surface area contributed by atoms with Crippen LogP contribution in [0.3, 0.4) is 0 Å². The number of hydrogen-bond donors (Lipinski definition) is 0. The van der Waals surface area contributed by atoms with Crippen molar-refractivity contribution in [2.24, 2.45) is 0 Å². The van der Waals surface area contributed by atoms with E-state index in [2.05, 4.69) is 9.80 Å². The van der Waals surface area contributed by atoms with E-state index in [1.54, 1.807) is 18.2 Å². The number of hydrogen-bond acceptors (Lipinski definition) is 5. The van der Waals surface area contributed by atoms with Crippen molar-refractivity contribution in [2.75, 3.05) is 52.5 Å². The number of unbranched alkanes of at least 4 members (excludes halogenated alkanes) is 2. The number of halogens is 2. The van der Waals surface area contributed by atoms with E-state index in [-0.39, 0.29) is 5.78 Å². The summed E-state index contributed by atoms with van der Waals surface area (Å²) in [6, 6.07) is 22.0. The van der Waals surface area contributed by atoms with Gasteiger partial charge in [-0.2, -0.15) is 0 Å². The molecule has 0 bridgehead atoms. The molecule has 4 rings (SSSR count). The molecule has 0 unspecified atom stereocenters. The second-order valence-corrected chi connectivity index (χ2v) is 10.5. The largest absolute Gasteiger partial charge is 0.494 e. The molecule has 3 aromatic rings. The summed E-state index contributed by atoms with van der Waals surface area (Å²) >= 11 is 12.1. The monoisotopic (exact) mass is 554 g/mol. The Morgan fingerprint density at radius 1 is 0.684 bits per heavy atom. The van der Waals surface area contributed by atoms with Crippen LogP contribution in [0.2, 0.25) is 10.0 Å². The average molecular weight is 556 g/mol. The van der Waals surface area contributed by atoms with Crippen molar-refractivity contribution in [3.05, 3.63) is 94.0 Å². The number of benzene rings is 3. The summed E-state index contributed by atoms with van der Waals surface area (Å²) < 4.78 is 11.8. The Hall–Kier alpha value is -2.57. The predicted octanol–water partition coefficient (Wildman–Crippen LogP) is 6.86. The second-order valence-electron chi connectivity index (χ2n) is 9.58. The topological polar surface area (TPSA) is 42.0 Å². The molecule has 1 fully saturated rings. The first-order chi connectivity index (χ1) is 18.6. The van der Waals surface area contributed by atoms with Gasteiger partial charge >= 0.3 is 0 Å². The van der Waals surface area contributed by atoms with Gasteiger partial charge in [0.05, 0.1) is 18.8 Å². The van der Waals surface area contributed by atoms with Gasteiger partial charge < -0.3 is 19.3 Å². The highest BCUT2D eigenvalue weighted by Crippen LogP contribution is 2.26. The molecule has 0 spiro atoms. The highest BCUT2D eigenvalue weighted by molar-refractivity contribution is 6.31. The fraction of sp³-hybridized carbons (Fsp3) is 0.387. The third-order valence-electron chi connectivity index (χ3n) is 6.76.